The molecule has 0 aliphatic rings. The van der Waals surface area contributed by atoms with Crippen LogP contribution in [0.25, 0.3) is 17.2 Å². The number of aryl methyl sites for hydroxylation is 1. The zero-order valence-electron chi connectivity index (χ0n) is 12.1. The van der Waals surface area contributed by atoms with Gasteiger partial charge < -0.3 is 4.74 Å². The van der Waals surface area contributed by atoms with Gasteiger partial charge in [-0.05, 0) is 38.1 Å². The largest absolute Gasteiger partial charge is 0.462 e. The molecule has 6 nitrogen and oxygen atoms in total. The standard InChI is InChI=1S/C15H13ClN4O2/c1-3-22-14(21)12-8-17-15-18-13(19-20(15)9(12)2)10-4-6-11(16)7-5-10/h4-8H,3H2,1-2H3. The fraction of sp³-hybridized carbons (Fsp3) is 0.200. The number of carbonyl (C=O) groups is 1. The van der Waals surface area contributed by atoms with Crippen LogP contribution in [0.1, 0.15) is 23.0 Å². The molecule has 0 aliphatic heterocycles. The van der Waals surface area contributed by atoms with Crippen LogP contribution in [-0.2, 0) is 4.74 Å². The number of hydrogen-bond donors (Lipinski definition) is 0. The van der Waals surface area contributed by atoms with Crippen LogP contribution >= 0.6 is 11.6 Å². The summed E-state index contributed by atoms with van der Waals surface area (Å²) in [7, 11) is 0. The second kappa shape index (κ2) is 5.73. The summed E-state index contributed by atoms with van der Waals surface area (Å²) in [4.78, 5) is 20.4. The first-order valence-electron chi connectivity index (χ1n) is 6.75. The third-order valence-corrected chi connectivity index (χ3v) is 3.46. The maximum absolute atomic E-state index is 11.9. The minimum absolute atomic E-state index is 0.309. The van der Waals surface area contributed by atoms with E-state index in [0.717, 1.165) is 5.56 Å². The molecular formula is C15H13ClN4O2. The molecule has 0 fully saturated rings. The number of nitrogens with zero attached hydrogens (tertiary/aromatic N) is 4. The zero-order chi connectivity index (χ0) is 15.7. The Morgan fingerprint density at radius 3 is 2.73 bits per heavy atom. The van der Waals surface area contributed by atoms with Gasteiger partial charge in [-0.1, -0.05) is 11.6 Å². The van der Waals surface area contributed by atoms with Gasteiger partial charge in [0, 0.05) is 16.8 Å². The van der Waals surface area contributed by atoms with Crippen molar-refractivity contribution in [1.29, 1.82) is 0 Å². The average molecular weight is 317 g/mol. The van der Waals surface area contributed by atoms with Crippen molar-refractivity contribution in [2.24, 2.45) is 0 Å². The van der Waals surface area contributed by atoms with Crippen LogP contribution in [0.5, 0.6) is 0 Å². The number of aromatic nitrogens is 4. The minimum atomic E-state index is -0.419. The van der Waals surface area contributed by atoms with Crippen LogP contribution in [0, 0.1) is 6.92 Å². The Balaban J connectivity index is 2.08. The van der Waals surface area contributed by atoms with Gasteiger partial charge in [0.1, 0.15) is 0 Å². The van der Waals surface area contributed by atoms with E-state index in [1.54, 1.807) is 26.0 Å². The Morgan fingerprint density at radius 2 is 2.05 bits per heavy atom. The third kappa shape index (κ3) is 2.53. The summed E-state index contributed by atoms with van der Waals surface area (Å²) < 4.78 is 6.55. The molecule has 1 aromatic carbocycles. The van der Waals surface area contributed by atoms with Crippen molar-refractivity contribution in [3.05, 3.63) is 46.7 Å². The molecule has 3 aromatic rings. The molecular weight excluding hydrogens is 304 g/mol. The second-order valence-electron chi connectivity index (χ2n) is 4.63. The Kier molecular flexibility index (Phi) is 3.77. The molecule has 0 radical (unpaired) electrons. The zero-order valence-corrected chi connectivity index (χ0v) is 12.8. The van der Waals surface area contributed by atoms with Crippen LogP contribution in [-0.4, -0.2) is 32.2 Å². The molecule has 0 atom stereocenters. The van der Waals surface area contributed by atoms with Crippen LogP contribution in [0.4, 0.5) is 0 Å². The SMILES string of the molecule is CCOC(=O)c1cnc2nc(-c3ccc(Cl)cc3)nn2c1C. The van der Waals surface area contributed by atoms with Crippen molar-refractivity contribution < 1.29 is 9.53 Å². The van der Waals surface area contributed by atoms with Crippen LogP contribution in [0.3, 0.4) is 0 Å². The molecule has 0 aliphatic carbocycles. The highest BCUT2D eigenvalue weighted by Gasteiger charge is 2.16. The summed E-state index contributed by atoms with van der Waals surface area (Å²) in [6.45, 7) is 3.85. The van der Waals surface area contributed by atoms with Gasteiger partial charge in [0.2, 0.25) is 0 Å². The molecule has 0 bridgehead atoms. The Morgan fingerprint density at radius 1 is 1.32 bits per heavy atom. The quantitative estimate of drug-likeness (QED) is 0.695. The number of benzene rings is 1. The molecule has 0 saturated heterocycles. The summed E-state index contributed by atoms with van der Waals surface area (Å²) in [5.41, 5.74) is 1.84. The van der Waals surface area contributed by atoms with E-state index in [-0.39, 0.29) is 0 Å². The van der Waals surface area contributed by atoms with E-state index in [1.807, 2.05) is 12.1 Å². The van der Waals surface area contributed by atoms with E-state index < -0.39 is 5.97 Å². The first-order valence-corrected chi connectivity index (χ1v) is 7.13. The summed E-state index contributed by atoms with van der Waals surface area (Å²) in [6, 6.07) is 7.21. The highest BCUT2D eigenvalue weighted by Crippen LogP contribution is 2.19. The predicted octanol–water partition coefficient (Wildman–Crippen LogP) is 2.93. The van der Waals surface area contributed by atoms with E-state index in [4.69, 9.17) is 16.3 Å². The van der Waals surface area contributed by atoms with Crippen molar-refractivity contribution in [1.82, 2.24) is 19.6 Å². The van der Waals surface area contributed by atoms with Crippen LogP contribution in [0.2, 0.25) is 5.02 Å². The number of rotatable bonds is 3. The summed E-state index contributed by atoms with van der Waals surface area (Å²) in [5.74, 6) is 0.529. The highest BCUT2D eigenvalue weighted by atomic mass is 35.5. The number of esters is 1. The lowest BCUT2D eigenvalue weighted by Gasteiger charge is -2.05. The fourth-order valence-corrected chi connectivity index (χ4v) is 2.20. The number of hydrogen-bond acceptors (Lipinski definition) is 5. The molecule has 2 aromatic heterocycles. The molecule has 112 valence electrons. The number of halogens is 1. The number of fused-ring (bicyclic) bond motifs is 1. The first-order chi connectivity index (χ1) is 10.6. The molecule has 7 heteroatoms. The smallest absolute Gasteiger partial charge is 0.341 e. The van der Waals surface area contributed by atoms with Gasteiger partial charge in [0.15, 0.2) is 5.82 Å². The van der Waals surface area contributed by atoms with E-state index in [1.165, 1.54) is 10.7 Å². The lowest BCUT2D eigenvalue weighted by atomic mass is 10.2. The minimum Gasteiger partial charge on any atom is -0.462 e. The Labute approximate surface area is 131 Å². The molecule has 0 amide bonds. The predicted molar refractivity (Wildman–Crippen MR) is 81.9 cm³/mol. The molecule has 0 N–H and O–H groups in total. The van der Waals surface area contributed by atoms with E-state index in [2.05, 4.69) is 15.1 Å². The van der Waals surface area contributed by atoms with Gasteiger partial charge in [0.05, 0.1) is 17.9 Å². The summed E-state index contributed by atoms with van der Waals surface area (Å²) in [5, 5.41) is 5.05. The molecule has 2 heterocycles. The van der Waals surface area contributed by atoms with Gasteiger partial charge in [-0.15, -0.1) is 5.10 Å². The van der Waals surface area contributed by atoms with Gasteiger partial charge in [0.25, 0.3) is 5.78 Å². The molecule has 22 heavy (non-hydrogen) atoms. The normalized spacial score (nSPS) is 10.9. The van der Waals surface area contributed by atoms with Crippen molar-refractivity contribution in [3.63, 3.8) is 0 Å². The van der Waals surface area contributed by atoms with Gasteiger partial charge >= 0.3 is 5.97 Å². The van der Waals surface area contributed by atoms with Crippen LogP contribution < -0.4 is 0 Å². The lowest BCUT2D eigenvalue weighted by molar-refractivity contribution is 0.0524. The van der Waals surface area contributed by atoms with Crippen molar-refractivity contribution in [2.45, 2.75) is 13.8 Å². The van der Waals surface area contributed by atoms with Crippen molar-refractivity contribution in [3.8, 4) is 11.4 Å². The van der Waals surface area contributed by atoms with Gasteiger partial charge in [-0.25, -0.2) is 14.3 Å². The van der Waals surface area contributed by atoms with Gasteiger partial charge in [-0.2, -0.15) is 4.98 Å². The van der Waals surface area contributed by atoms with Crippen LogP contribution in [0.15, 0.2) is 30.5 Å². The second-order valence-corrected chi connectivity index (χ2v) is 5.07. The third-order valence-electron chi connectivity index (χ3n) is 3.20. The van der Waals surface area contributed by atoms with E-state index >= 15 is 0 Å². The van der Waals surface area contributed by atoms with Gasteiger partial charge in [-0.3, -0.25) is 0 Å². The average Bonchev–Trinajstić information content (AvgIpc) is 2.93. The fourth-order valence-electron chi connectivity index (χ4n) is 2.07. The molecule has 0 unspecified atom stereocenters. The molecule has 3 rings (SSSR count). The van der Waals surface area contributed by atoms with E-state index in [0.29, 0.717) is 34.5 Å². The number of ether oxygens (including phenoxy) is 1. The summed E-state index contributed by atoms with van der Waals surface area (Å²) in [6.07, 6.45) is 1.46. The highest BCUT2D eigenvalue weighted by molar-refractivity contribution is 6.30. The number of carbonyl (C=O) groups excluding carboxylic acids is 1. The maximum atomic E-state index is 11.9. The lowest BCUT2D eigenvalue weighted by Crippen LogP contribution is -2.11. The Hall–Kier alpha value is -2.47. The van der Waals surface area contributed by atoms with Crippen molar-refractivity contribution >= 4 is 23.3 Å². The van der Waals surface area contributed by atoms with E-state index in [9.17, 15) is 4.79 Å². The monoisotopic (exact) mass is 316 g/mol. The molecule has 0 spiro atoms. The first kappa shape index (κ1) is 14.5. The molecule has 0 saturated carbocycles. The summed E-state index contributed by atoms with van der Waals surface area (Å²) >= 11 is 5.88. The van der Waals surface area contributed by atoms with Crippen molar-refractivity contribution in [2.75, 3.05) is 6.61 Å². The topological polar surface area (TPSA) is 69.4 Å². The Bertz CT molecular complexity index is 843. The maximum Gasteiger partial charge on any atom is 0.341 e.